The van der Waals surface area contributed by atoms with Crippen LogP contribution in [0, 0.1) is 0 Å². The molecule has 2 unspecified atom stereocenters. The Morgan fingerprint density at radius 1 is 1.33 bits per heavy atom. The third kappa shape index (κ3) is 4.07. The number of allylic oxidation sites excluding steroid dienone is 1. The minimum atomic E-state index is -2.52. The van der Waals surface area contributed by atoms with E-state index in [1.807, 2.05) is 32.0 Å². The Bertz CT molecular complexity index is 534. The van der Waals surface area contributed by atoms with E-state index in [9.17, 15) is 8.78 Å². The number of ether oxygens (including phenoxy) is 1. The predicted octanol–water partition coefficient (Wildman–Crippen LogP) is 3.35. The standard InChI is InChI=1S/C15H21F2N3O/c1-9-7-20(8-10(2)21-9)19-11(3)12-4-13(15(16)17)6-14(18)5-12/h4-7,10-11,15,19H,8,18H2,1-3H3. The fraction of sp³-hybridized carbons (Fsp3) is 0.467. The van der Waals surface area contributed by atoms with Gasteiger partial charge in [0.05, 0.1) is 12.7 Å². The maximum absolute atomic E-state index is 12.8. The third-order valence-electron chi connectivity index (χ3n) is 3.29. The van der Waals surface area contributed by atoms with Crippen LogP contribution in [0.1, 0.15) is 44.4 Å². The number of hydrogen-bond donors (Lipinski definition) is 2. The molecule has 2 rings (SSSR count). The van der Waals surface area contributed by atoms with E-state index in [2.05, 4.69) is 5.43 Å². The van der Waals surface area contributed by atoms with Gasteiger partial charge in [0, 0.05) is 17.3 Å². The zero-order valence-corrected chi connectivity index (χ0v) is 12.4. The molecule has 1 aliphatic rings. The lowest BCUT2D eigenvalue weighted by atomic mass is 10.0. The molecule has 0 aliphatic carbocycles. The lowest BCUT2D eigenvalue weighted by Gasteiger charge is -2.33. The second-order valence-corrected chi connectivity index (χ2v) is 5.41. The summed E-state index contributed by atoms with van der Waals surface area (Å²) in [4.78, 5) is 0. The maximum atomic E-state index is 12.8. The Kier molecular flexibility index (Phi) is 4.67. The minimum absolute atomic E-state index is 0.0549. The van der Waals surface area contributed by atoms with Gasteiger partial charge in [-0.25, -0.2) is 14.2 Å². The van der Waals surface area contributed by atoms with E-state index in [1.54, 1.807) is 6.07 Å². The molecule has 0 amide bonds. The first-order chi connectivity index (χ1) is 9.85. The summed E-state index contributed by atoms with van der Waals surface area (Å²) in [6.45, 7) is 6.45. The molecule has 0 bridgehead atoms. The Hall–Kier alpha value is -1.82. The van der Waals surface area contributed by atoms with Gasteiger partial charge in [-0.05, 0) is 44.5 Å². The second-order valence-electron chi connectivity index (χ2n) is 5.41. The Morgan fingerprint density at radius 3 is 2.62 bits per heavy atom. The van der Waals surface area contributed by atoms with Gasteiger partial charge in [-0.3, -0.25) is 0 Å². The van der Waals surface area contributed by atoms with Gasteiger partial charge in [0.15, 0.2) is 0 Å². The molecular formula is C15H21F2N3O. The van der Waals surface area contributed by atoms with Gasteiger partial charge in [0.25, 0.3) is 6.43 Å². The van der Waals surface area contributed by atoms with Crippen molar-refractivity contribution in [2.24, 2.45) is 0 Å². The number of nitrogens with one attached hydrogen (secondary N) is 1. The molecular weight excluding hydrogens is 276 g/mol. The van der Waals surface area contributed by atoms with Crippen molar-refractivity contribution in [1.82, 2.24) is 10.4 Å². The quantitative estimate of drug-likeness (QED) is 0.837. The van der Waals surface area contributed by atoms with E-state index < -0.39 is 6.43 Å². The Labute approximate surface area is 123 Å². The zero-order chi connectivity index (χ0) is 15.6. The highest BCUT2D eigenvalue weighted by Crippen LogP contribution is 2.26. The van der Waals surface area contributed by atoms with Crippen LogP contribution in [0.25, 0.3) is 0 Å². The molecule has 0 radical (unpaired) electrons. The van der Waals surface area contributed by atoms with E-state index in [4.69, 9.17) is 10.5 Å². The Morgan fingerprint density at radius 2 is 2.00 bits per heavy atom. The van der Waals surface area contributed by atoms with Crippen LogP contribution in [0.5, 0.6) is 0 Å². The molecule has 1 aromatic rings. The Balaban J connectivity index is 2.13. The van der Waals surface area contributed by atoms with Crippen LogP contribution in [0.15, 0.2) is 30.2 Å². The van der Waals surface area contributed by atoms with Crippen LogP contribution in [0.4, 0.5) is 14.5 Å². The van der Waals surface area contributed by atoms with E-state index in [0.29, 0.717) is 12.2 Å². The number of hydrazine groups is 1. The molecule has 1 aromatic carbocycles. The number of anilines is 1. The van der Waals surface area contributed by atoms with Gasteiger partial charge in [0.1, 0.15) is 11.9 Å². The molecule has 3 N–H and O–H groups in total. The topological polar surface area (TPSA) is 50.5 Å². The highest BCUT2D eigenvalue weighted by atomic mass is 19.3. The van der Waals surface area contributed by atoms with Gasteiger partial charge in [-0.1, -0.05) is 0 Å². The molecule has 0 saturated carbocycles. The molecule has 1 aliphatic heterocycles. The molecule has 0 spiro atoms. The first kappa shape index (κ1) is 15.6. The first-order valence-electron chi connectivity index (χ1n) is 6.91. The molecule has 116 valence electrons. The zero-order valence-electron chi connectivity index (χ0n) is 12.4. The van der Waals surface area contributed by atoms with Gasteiger partial charge < -0.3 is 15.5 Å². The van der Waals surface area contributed by atoms with Crippen LogP contribution in [0.3, 0.4) is 0 Å². The highest BCUT2D eigenvalue weighted by molar-refractivity contribution is 5.46. The summed E-state index contributed by atoms with van der Waals surface area (Å²) in [7, 11) is 0. The molecule has 2 atom stereocenters. The van der Waals surface area contributed by atoms with Crippen LogP contribution >= 0.6 is 0 Å². The van der Waals surface area contributed by atoms with Gasteiger partial charge in [-0.15, -0.1) is 0 Å². The van der Waals surface area contributed by atoms with Crippen molar-refractivity contribution < 1.29 is 13.5 Å². The molecule has 0 aromatic heterocycles. The van der Waals surface area contributed by atoms with E-state index >= 15 is 0 Å². The van der Waals surface area contributed by atoms with E-state index in [0.717, 1.165) is 11.3 Å². The molecule has 4 nitrogen and oxygen atoms in total. The predicted molar refractivity (Wildman–Crippen MR) is 78.4 cm³/mol. The van der Waals surface area contributed by atoms with Crippen molar-refractivity contribution in [3.05, 3.63) is 41.3 Å². The van der Waals surface area contributed by atoms with Gasteiger partial charge >= 0.3 is 0 Å². The summed E-state index contributed by atoms with van der Waals surface area (Å²) in [5, 5.41) is 1.92. The molecule has 6 heteroatoms. The first-order valence-corrected chi connectivity index (χ1v) is 6.91. The number of benzene rings is 1. The smallest absolute Gasteiger partial charge is 0.263 e. The normalized spacial score (nSPS) is 20.2. The van der Waals surface area contributed by atoms with Crippen molar-refractivity contribution in [3.8, 4) is 0 Å². The highest BCUT2D eigenvalue weighted by Gasteiger charge is 2.18. The van der Waals surface area contributed by atoms with Gasteiger partial charge in [0.2, 0.25) is 0 Å². The van der Waals surface area contributed by atoms with Crippen LogP contribution in [-0.2, 0) is 4.74 Å². The van der Waals surface area contributed by atoms with E-state index in [-0.39, 0.29) is 17.7 Å². The molecule has 0 fully saturated rings. The van der Waals surface area contributed by atoms with Crippen molar-refractivity contribution in [1.29, 1.82) is 0 Å². The minimum Gasteiger partial charge on any atom is -0.492 e. The van der Waals surface area contributed by atoms with Crippen molar-refractivity contribution in [2.45, 2.75) is 39.3 Å². The van der Waals surface area contributed by atoms with Crippen LogP contribution < -0.4 is 11.2 Å². The van der Waals surface area contributed by atoms with Crippen molar-refractivity contribution in [3.63, 3.8) is 0 Å². The van der Waals surface area contributed by atoms with Gasteiger partial charge in [-0.2, -0.15) is 0 Å². The number of nitrogens with zero attached hydrogens (tertiary/aromatic N) is 1. The third-order valence-corrected chi connectivity index (χ3v) is 3.29. The summed E-state index contributed by atoms with van der Waals surface area (Å²) in [6.07, 6.45) is -0.589. The average molecular weight is 297 g/mol. The second kappa shape index (κ2) is 6.30. The number of nitrogens with two attached hydrogens (primary N) is 1. The number of rotatable bonds is 4. The molecule has 21 heavy (non-hydrogen) atoms. The molecule has 1 heterocycles. The summed E-state index contributed by atoms with van der Waals surface area (Å²) in [5.74, 6) is 0.814. The average Bonchev–Trinajstić information content (AvgIpc) is 2.36. The van der Waals surface area contributed by atoms with Crippen molar-refractivity contribution in [2.75, 3.05) is 12.3 Å². The summed E-state index contributed by atoms with van der Waals surface area (Å²) < 4.78 is 31.2. The fourth-order valence-corrected chi connectivity index (χ4v) is 2.43. The monoisotopic (exact) mass is 297 g/mol. The number of nitrogen functional groups attached to an aromatic ring is 1. The lowest BCUT2D eigenvalue weighted by molar-refractivity contribution is 0.0487. The number of hydrogen-bond acceptors (Lipinski definition) is 4. The SMILES string of the molecule is CC1=CN(NC(C)c2cc(N)cc(C(F)F)c2)CC(C)O1. The van der Waals surface area contributed by atoms with Crippen LogP contribution in [0.2, 0.25) is 0 Å². The summed E-state index contributed by atoms with van der Waals surface area (Å²) in [5.41, 5.74) is 9.99. The maximum Gasteiger partial charge on any atom is 0.263 e. The number of alkyl halides is 2. The summed E-state index contributed by atoms with van der Waals surface area (Å²) >= 11 is 0. The fourth-order valence-electron chi connectivity index (χ4n) is 2.43. The van der Waals surface area contributed by atoms with Crippen LogP contribution in [-0.4, -0.2) is 17.7 Å². The number of halogens is 2. The van der Waals surface area contributed by atoms with Crippen molar-refractivity contribution >= 4 is 5.69 Å². The lowest BCUT2D eigenvalue weighted by Crippen LogP contribution is -2.43. The van der Waals surface area contributed by atoms with E-state index in [1.165, 1.54) is 12.1 Å². The largest absolute Gasteiger partial charge is 0.492 e. The molecule has 0 saturated heterocycles. The summed E-state index contributed by atoms with van der Waals surface area (Å²) in [6, 6.07) is 4.37.